The van der Waals surface area contributed by atoms with Crippen molar-refractivity contribution in [1.29, 1.82) is 0 Å². The highest BCUT2D eigenvalue weighted by molar-refractivity contribution is 9.10. The number of halogens is 1. The molecule has 5 nitrogen and oxygen atoms in total. The minimum Gasteiger partial charge on any atom is -0.396 e. The number of nitrogens with one attached hydrogen (secondary N) is 2. The van der Waals surface area contributed by atoms with Gasteiger partial charge in [-0.1, -0.05) is 22.0 Å². The molecule has 1 aromatic carbocycles. The van der Waals surface area contributed by atoms with Gasteiger partial charge in [0.05, 0.1) is 0 Å². The SMILES string of the molecule is Cc1ccc(Nc2cc(NCCCO)ncn2)cc1Br. The first-order valence-electron chi connectivity index (χ1n) is 6.39. The van der Waals surface area contributed by atoms with Crippen molar-refractivity contribution < 1.29 is 5.11 Å². The molecule has 2 rings (SSSR count). The molecule has 0 saturated heterocycles. The van der Waals surface area contributed by atoms with Crippen LogP contribution in [-0.2, 0) is 0 Å². The summed E-state index contributed by atoms with van der Waals surface area (Å²) in [5.74, 6) is 1.46. The van der Waals surface area contributed by atoms with Crippen molar-refractivity contribution in [1.82, 2.24) is 9.97 Å². The molecule has 0 fully saturated rings. The lowest BCUT2D eigenvalue weighted by atomic mass is 10.2. The average molecular weight is 337 g/mol. The zero-order valence-electron chi connectivity index (χ0n) is 11.2. The summed E-state index contributed by atoms with van der Waals surface area (Å²) in [5, 5.41) is 15.1. The zero-order valence-corrected chi connectivity index (χ0v) is 12.8. The van der Waals surface area contributed by atoms with E-state index >= 15 is 0 Å². The average Bonchev–Trinajstić information content (AvgIpc) is 2.44. The first-order chi connectivity index (χ1) is 9.69. The molecule has 0 radical (unpaired) electrons. The number of nitrogens with zero attached hydrogens (tertiary/aromatic N) is 2. The number of benzene rings is 1. The molecule has 0 amide bonds. The Balaban J connectivity index is 2.05. The van der Waals surface area contributed by atoms with Crippen LogP contribution in [0.5, 0.6) is 0 Å². The lowest BCUT2D eigenvalue weighted by molar-refractivity contribution is 0.292. The smallest absolute Gasteiger partial charge is 0.135 e. The number of aliphatic hydroxyl groups is 1. The Morgan fingerprint density at radius 3 is 2.75 bits per heavy atom. The van der Waals surface area contributed by atoms with Gasteiger partial charge in [0, 0.05) is 29.4 Å². The molecule has 0 saturated carbocycles. The van der Waals surface area contributed by atoms with Crippen LogP contribution in [0, 0.1) is 6.92 Å². The van der Waals surface area contributed by atoms with Gasteiger partial charge < -0.3 is 15.7 Å². The minimum atomic E-state index is 0.167. The quantitative estimate of drug-likeness (QED) is 0.707. The van der Waals surface area contributed by atoms with E-state index in [1.807, 2.05) is 31.2 Å². The molecule has 2 aromatic rings. The van der Waals surface area contributed by atoms with Crippen LogP contribution >= 0.6 is 15.9 Å². The van der Waals surface area contributed by atoms with Gasteiger partial charge in [-0.25, -0.2) is 9.97 Å². The van der Waals surface area contributed by atoms with Crippen LogP contribution in [0.15, 0.2) is 35.1 Å². The van der Waals surface area contributed by atoms with E-state index in [2.05, 4.69) is 36.5 Å². The summed E-state index contributed by atoms with van der Waals surface area (Å²) in [6, 6.07) is 7.89. The third kappa shape index (κ3) is 4.18. The van der Waals surface area contributed by atoms with E-state index in [-0.39, 0.29) is 6.61 Å². The number of rotatable bonds is 6. The Hall–Kier alpha value is -1.66. The number of aliphatic hydroxyl groups excluding tert-OH is 1. The monoisotopic (exact) mass is 336 g/mol. The van der Waals surface area contributed by atoms with Gasteiger partial charge in [0.25, 0.3) is 0 Å². The fourth-order valence-corrected chi connectivity index (χ4v) is 2.02. The van der Waals surface area contributed by atoms with Crippen molar-refractivity contribution in [3.05, 3.63) is 40.6 Å². The van der Waals surface area contributed by atoms with Gasteiger partial charge >= 0.3 is 0 Å². The van der Waals surface area contributed by atoms with Crippen LogP contribution in [0.4, 0.5) is 17.3 Å². The van der Waals surface area contributed by atoms with Gasteiger partial charge in [-0.05, 0) is 31.0 Å². The van der Waals surface area contributed by atoms with Crippen molar-refractivity contribution in [3.8, 4) is 0 Å². The molecule has 3 N–H and O–H groups in total. The highest BCUT2D eigenvalue weighted by atomic mass is 79.9. The van der Waals surface area contributed by atoms with Gasteiger partial charge in [0.1, 0.15) is 18.0 Å². The van der Waals surface area contributed by atoms with E-state index < -0.39 is 0 Å². The van der Waals surface area contributed by atoms with Crippen molar-refractivity contribution in [2.24, 2.45) is 0 Å². The maximum absolute atomic E-state index is 8.75. The number of hydrogen-bond donors (Lipinski definition) is 3. The predicted octanol–water partition coefficient (Wildman–Crippen LogP) is 3.09. The van der Waals surface area contributed by atoms with Gasteiger partial charge in [0.15, 0.2) is 0 Å². The third-order valence-corrected chi connectivity index (χ3v) is 3.61. The Morgan fingerprint density at radius 2 is 2.00 bits per heavy atom. The molecule has 0 unspecified atom stereocenters. The van der Waals surface area contributed by atoms with Gasteiger partial charge in [-0.15, -0.1) is 0 Å². The second kappa shape index (κ2) is 7.21. The van der Waals surface area contributed by atoms with E-state index in [1.54, 1.807) is 0 Å². The molecule has 0 spiro atoms. The summed E-state index contributed by atoms with van der Waals surface area (Å²) < 4.78 is 1.05. The van der Waals surface area contributed by atoms with Crippen molar-refractivity contribution in [2.75, 3.05) is 23.8 Å². The fourth-order valence-electron chi connectivity index (χ4n) is 1.64. The summed E-state index contributed by atoms with van der Waals surface area (Å²) in [5.41, 5.74) is 2.15. The molecule has 6 heteroatoms. The summed E-state index contributed by atoms with van der Waals surface area (Å²) in [6.45, 7) is 2.89. The second-order valence-electron chi connectivity index (χ2n) is 4.38. The molecule has 1 aromatic heterocycles. The largest absolute Gasteiger partial charge is 0.396 e. The Bertz CT molecular complexity index is 577. The summed E-state index contributed by atoms with van der Waals surface area (Å²) in [6.07, 6.45) is 2.20. The molecule has 1 heterocycles. The number of anilines is 3. The highest BCUT2D eigenvalue weighted by Crippen LogP contribution is 2.23. The normalized spacial score (nSPS) is 10.3. The van der Waals surface area contributed by atoms with E-state index in [0.717, 1.165) is 21.8 Å². The van der Waals surface area contributed by atoms with Crippen molar-refractivity contribution in [3.63, 3.8) is 0 Å². The second-order valence-corrected chi connectivity index (χ2v) is 5.24. The van der Waals surface area contributed by atoms with Crippen LogP contribution in [-0.4, -0.2) is 28.2 Å². The molecule has 20 heavy (non-hydrogen) atoms. The van der Waals surface area contributed by atoms with Gasteiger partial charge in [0.2, 0.25) is 0 Å². The van der Waals surface area contributed by atoms with Crippen LogP contribution in [0.2, 0.25) is 0 Å². The van der Waals surface area contributed by atoms with Gasteiger partial charge in [-0.2, -0.15) is 0 Å². The maximum Gasteiger partial charge on any atom is 0.135 e. The van der Waals surface area contributed by atoms with Crippen molar-refractivity contribution >= 4 is 33.3 Å². The lowest BCUT2D eigenvalue weighted by Crippen LogP contribution is -2.06. The maximum atomic E-state index is 8.75. The van der Waals surface area contributed by atoms with Crippen molar-refractivity contribution in [2.45, 2.75) is 13.3 Å². The summed E-state index contributed by atoms with van der Waals surface area (Å²) in [4.78, 5) is 8.32. The Kier molecular flexibility index (Phi) is 5.31. The number of hydrogen-bond acceptors (Lipinski definition) is 5. The van der Waals surface area contributed by atoms with E-state index in [1.165, 1.54) is 11.9 Å². The van der Waals surface area contributed by atoms with E-state index in [4.69, 9.17) is 5.11 Å². The molecule has 0 atom stereocenters. The molecule has 0 aliphatic rings. The molecule has 0 bridgehead atoms. The first-order valence-corrected chi connectivity index (χ1v) is 7.18. The molecular formula is C14H17BrN4O. The third-order valence-electron chi connectivity index (χ3n) is 2.75. The van der Waals surface area contributed by atoms with E-state index in [0.29, 0.717) is 13.0 Å². The minimum absolute atomic E-state index is 0.167. The van der Waals surface area contributed by atoms with Crippen LogP contribution in [0.25, 0.3) is 0 Å². The molecule has 0 aliphatic heterocycles. The highest BCUT2D eigenvalue weighted by Gasteiger charge is 2.01. The van der Waals surface area contributed by atoms with E-state index in [9.17, 15) is 0 Å². The number of aryl methyl sites for hydroxylation is 1. The lowest BCUT2D eigenvalue weighted by Gasteiger charge is -2.09. The Morgan fingerprint density at radius 1 is 1.20 bits per heavy atom. The number of aromatic nitrogens is 2. The fraction of sp³-hybridized carbons (Fsp3) is 0.286. The van der Waals surface area contributed by atoms with Gasteiger partial charge in [-0.3, -0.25) is 0 Å². The zero-order chi connectivity index (χ0) is 14.4. The first kappa shape index (κ1) is 14.7. The van der Waals surface area contributed by atoms with Crippen LogP contribution in [0.1, 0.15) is 12.0 Å². The Labute approximate surface area is 126 Å². The van der Waals surface area contributed by atoms with Crippen LogP contribution < -0.4 is 10.6 Å². The summed E-state index contributed by atoms with van der Waals surface area (Å²) >= 11 is 3.51. The van der Waals surface area contributed by atoms with Crippen LogP contribution in [0.3, 0.4) is 0 Å². The predicted molar refractivity (Wildman–Crippen MR) is 84.4 cm³/mol. The molecular weight excluding hydrogens is 320 g/mol. The molecule has 106 valence electrons. The standard InChI is InChI=1S/C14H17BrN4O/c1-10-3-4-11(7-12(10)15)19-14-8-13(17-9-18-14)16-5-2-6-20/h3-4,7-9,20H,2,5-6H2,1H3,(H2,16,17,18,19). The topological polar surface area (TPSA) is 70.1 Å². The summed E-state index contributed by atoms with van der Waals surface area (Å²) in [7, 11) is 0. The molecule has 0 aliphatic carbocycles.